The van der Waals surface area contributed by atoms with Crippen LogP contribution in [0.4, 0.5) is 0 Å². The second kappa shape index (κ2) is 19.7. The highest BCUT2D eigenvalue weighted by atomic mass is 16.5. The number of aliphatic carboxylic acids is 1. The van der Waals surface area contributed by atoms with Gasteiger partial charge in [-0.25, -0.2) is 0 Å². The molecule has 0 radical (unpaired) electrons. The maximum absolute atomic E-state index is 12.8. The normalized spacial score (nSPS) is 26.1. The van der Waals surface area contributed by atoms with Crippen molar-refractivity contribution in [1.82, 2.24) is 5.32 Å². The first-order valence-electron chi connectivity index (χ1n) is 16.5. The molecule has 39 heavy (non-hydrogen) atoms. The Kier molecular flexibility index (Phi) is 18.0. The van der Waals surface area contributed by atoms with E-state index in [0.717, 1.165) is 32.1 Å². The quantitative estimate of drug-likeness (QED) is 0.0799. The number of carboxylic acid groups (broad SMARTS) is 1. The third-order valence-electron chi connectivity index (χ3n) is 9.42. The van der Waals surface area contributed by atoms with Crippen LogP contribution in [-0.4, -0.2) is 34.2 Å². The average molecular weight is 550 g/mol. The number of nitrogens with one attached hydrogen (secondary N) is 1. The molecule has 0 bridgehead atoms. The minimum absolute atomic E-state index is 0.0687. The predicted octanol–water partition coefficient (Wildman–Crippen LogP) is 9.38. The Bertz CT molecular complexity index is 707. The van der Waals surface area contributed by atoms with Crippen LogP contribution < -0.4 is 5.32 Å². The monoisotopic (exact) mass is 549 g/mol. The molecule has 5 unspecified atom stereocenters. The fraction of sp³-hybridized carbons (Fsp3) is 0.882. The zero-order chi connectivity index (χ0) is 29.2. The summed E-state index contributed by atoms with van der Waals surface area (Å²) in [7, 11) is 0. The highest BCUT2D eigenvalue weighted by Crippen LogP contribution is 2.39. The lowest BCUT2D eigenvalue weighted by molar-refractivity contribution is -0.163. The maximum atomic E-state index is 12.8. The van der Waals surface area contributed by atoms with Gasteiger partial charge in [0.05, 0.1) is 12.3 Å². The Morgan fingerprint density at radius 2 is 1.41 bits per heavy atom. The molecule has 0 spiro atoms. The van der Waals surface area contributed by atoms with E-state index in [2.05, 4.69) is 52.9 Å². The zero-order valence-corrected chi connectivity index (χ0v) is 26.5. The Balaban J connectivity index is 2.27. The molecule has 1 rings (SSSR count). The topological polar surface area (TPSA) is 75.6 Å². The van der Waals surface area contributed by atoms with Gasteiger partial charge >= 0.3 is 11.9 Å². The van der Waals surface area contributed by atoms with Crippen molar-refractivity contribution in [2.45, 2.75) is 181 Å². The van der Waals surface area contributed by atoms with E-state index >= 15 is 0 Å². The summed E-state index contributed by atoms with van der Waals surface area (Å²) in [5.41, 5.74) is -0.207. The number of esters is 1. The Morgan fingerprint density at radius 3 is 1.90 bits per heavy atom. The lowest BCUT2D eigenvalue weighted by Crippen LogP contribution is -2.66. The van der Waals surface area contributed by atoms with E-state index in [4.69, 9.17) is 4.74 Å². The Hall–Kier alpha value is -1.36. The van der Waals surface area contributed by atoms with E-state index in [1.165, 1.54) is 77.0 Å². The van der Waals surface area contributed by atoms with Gasteiger partial charge in [-0.05, 0) is 46.0 Å². The zero-order valence-electron chi connectivity index (χ0n) is 26.5. The molecule has 0 saturated carbocycles. The van der Waals surface area contributed by atoms with Gasteiger partial charge in [-0.15, -0.1) is 0 Å². The number of carbonyl (C=O) groups excluding carboxylic acids is 1. The van der Waals surface area contributed by atoms with Crippen LogP contribution in [0.3, 0.4) is 0 Å². The molecule has 0 aromatic carbocycles. The van der Waals surface area contributed by atoms with Crippen molar-refractivity contribution in [3.63, 3.8) is 0 Å². The lowest BCUT2D eigenvalue weighted by Gasteiger charge is -2.52. The highest BCUT2D eigenvalue weighted by molar-refractivity contribution is 5.79. The smallest absolute Gasteiger partial charge is 0.307 e. The van der Waals surface area contributed by atoms with Crippen molar-refractivity contribution in [1.29, 1.82) is 0 Å². The Morgan fingerprint density at radius 1 is 0.872 bits per heavy atom. The first-order chi connectivity index (χ1) is 18.6. The number of piperidine rings is 1. The van der Waals surface area contributed by atoms with Crippen LogP contribution in [0.2, 0.25) is 0 Å². The molecule has 0 aromatic rings. The summed E-state index contributed by atoms with van der Waals surface area (Å²) >= 11 is 0. The molecule has 1 aliphatic heterocycles. The summed E-state index contributed by atoms with van der Waals surface area (Å²) in [6.45, 7) is 13.1. The molecule has 5 nitrogen and oxygen atoms in total. The molecule has 1 saturated heterocycles. The number of allylic oxidation sites excluding steroid dienone is 2. The summed E-state index contributed by atoms with van der Waals surface area (Å²) in [5, 5.41) is 13.5. The molecular weight excluding hydrogens is 486 g/mol. The second-order valence-corrected chi connectivity index (χ2v) is 12.8. The first-order valence-corrected chi connectivity index (χ1v) is 16.5. The van der Waals surface area contributed by atoms with Crippen molar-refractivity contribution in [3.05, 3.63) is 12.2 Å². The minimum atomic E-state index is -0.923. The van der Waals surface area contributed by atoms with Crippen molar-refractivity contribution in [2.75, 3.05) is 0 Å². The van der Waals surface area contributed by atoms with Crippen LogP contribution in [0.5, 0.6) is 0 Å². The van der Waals surface area contributed by atoms with Gasteiger partial charge in [0.15, 0.2) is 0 Å². The van der Waals surface area contributed by atoms with Gasteiger partial charge in [0, 0.05) is 23.4 Å². The molecule has 1 fully saturated rings. The third kappa shape index (κ3) is 14.2. The Labute approximate surface area is 241 Å². The molecule has 5 atom stereocenters. The summed E-state index contributed by atoms with van der Waals surface area (Å²) in [5.74, 6) is -1.88. The number of ether oxygens (including phenoxy) is 1. The number of rotatable bonds is 22. The van der Waals surface area contributed by atoms with Crippen LogP contribution in [-0.2, 0) is 14.3 Å². The van der Waals surface area contributed by atoms with E-state index in [0.29, 0.717) is 6.42 Å². The van der Waals surface area contributed by atoms with Crippen LogP contribution in [0.15, 0.2) is 12.2 Å². The van der Waals surface area contributed by atoms with Crippen molar-refractivity contribution >= 4 is 11.9 Å². The highest BCUT2D eigenvalue weighted by Gasteiger charge is 2.47. The standard InChI is InChI=1S/C34H63NO4/c1-7-10-11-12-13-14-15-16-17-18-19-20-21-22-23-24-25-29(32(37)38)26-31(36)39-30-27-33(5,8-2)35-34(6,9-3)28(30)4/h23-24,28-30,35H,7-22,25-27H2,1-6H3,(H,37,38). The number of carboxylic acids is 1. The van der Waals surface area contributed by atoms with Crippen LogP contribution in [0.1, 0.15) is 164 Å². The molecule has 0 amide bonds. The molecular formula is C34H63NO4. The molecule has 228 valence electrons. The summed E-state index contributed by atoms with van der Waals surface area (Å²) < 4.78 is 5.95. The number of carbonyl (C=O) groups is 2. The van der Waals surface area contributed by atoms with Crippen LogP contribution >= 0.6 is 0 Å². The summed E-state index contributed by atoms with van der Waals surface area (Å²) in [6, 6.07) is 0. The number of hydrogen-bond donors (Lipinski definition) is 2. The second-order valence-electron chi connectivity index (χ2n) is 12.8. The van der Waals surface area contributed by atoms with E-state index < -0.39 is 11.9 Å². The summed E-state index contributed by atoms with van der Waals surface area (Å²) in [6.07, 6.45) is 25.2. The number of hydrogen-bond acceptors (Lipinski definition) is 4. The van der Waals surface area contributed by atoms with E-state index in [1.54, 1.807) is 0 Å². The largest absolute Gasteiger partial charge is 0.481 e. The molecule has 0 aromatic heterocycles. The fourth-order valence-corrected chi connectivity index (χ4v) is 6.02. The van der Waals surface area contributed by atoms with Gasteiger partial charge in [-0.2, -0.15) is 0 Å². The maximum Gasteiger partial charge on any atom is 0.307 e. The van der Waals surface area contributed by atoms with Crippen LogP contribution in [0, 0.1) is 11.8 Å². The fourth-order valence-electron chi connectivity index (χ4n) is 6.02. The van der Waals surface area contributed by atoms with Gasteiger partial charge < -0.3 is 15.2 Å². The van der Waals surface area contributed by atoms with Gasteiger partial charge in [-0.1, -0.05) is 117 Å². The van der Waals surface area contributed by atoms with Gasteiger partial charge in [-0.3, -0.25) is 9.59 Å². The van der Waals surface area contributed by atoms with Crippen molar-refractivity contribution < 1.29 is 19.4 Å². The molecule has 1 aliphatic rings. The predicted molar refractivity (Wildman–Crippen MR) is 164 cm³/mol. The first kappa shape index (κ1) is 35.7. The number of unbranched alkanes of at least 4 members (excludes halogenated alkanes) is 13. The third-order valence-corrected chi connectivity index (χ3v) is 9.42. The van der Waals surface area contributed by atoms with Gasteiger partial charge in [0.1, 0.15) is 6.10 Å². The van der Waals surface area contributed by atoms with Gasteiger partial charge in [0.2, 0.25) is 0 Å². The molecule has 5 heteroatoms. The van der Waals surface area contributed by atoms with Crippen molar-refractivity contribution in [2.24, 2.45) is 11.8 Å². The van der Waals surface area contributed by atoms with E-state index in [9.17, 15) is 14.7 Å². The summed E-state index contributed by atoms with van der Waals surface area (Å²) in [4.78, 5) is 24.6. The SMILES string of the molecule is CCCCCCCCCCCCCCCC=CCC(CC(=O)OC1CC(C)(CC)NC(C)(CC)C1C)C(=O)O. The van der Waals surface area contributed by atoms with Crippen molar-refractivity contribution in [3.8, 4) is 0 Å². The molecule has 0 aliphatic carbocycles. The van der Waals surface area contributed by atoms with E-state index in [-0.39, 0.29) is 35.5 Å². The van der Waals surface area contributed by atoms with Gasteiger partial charge in [0.25, 0.3) is 0 Å². The van der Waals surface area contributed by atoms with E-state index in [1.807, 2.05) is 6.08 Å². The average Bonchev–Trinajstić information content (AvgIpc) is 2.90. The van der Waals surface area contributed by atoms with Crippen LogP contribution in [0.25, 0.3) is 0 Å². The molecule has 2 N–H and O–H groups in total. The lowest BCUT2D eigenvalue weighted by atomic mass is 9.70. The minimum Gasteiger partial charge on any atom is -0.481 e. The molecule has 1 heterocycles.